The molecule has 1 unspecified atom stereocenters. The Labute approximate surface area is 313 Å². The molecule has 0 spiro atoms. The highest BCUT2D eigenvalue weighted by molar-refractivity contribution is 5.94. The molecule has 18 heteroatoms. The molecule has 0 amide bonds. The summed E-state index contributed by atoms with van der Waals surface area (Å²) in [7, 11) is 0. The van der Waals surface area contributed by atoms with Crippen LogP contribution in [0.5, 0.6) is 11.5 Å². The monoisotopic (exact) mass is 820 g/mol. The fraction of sp³-hybridized carbons (Fsp3) is 0.474. The van der Waals surface area contributed by atoms with E-state index in [1.165, 1.54) is 50.7 Å². The van der Waals surface area contributed by atoms with Gasteiger partial charge in [-0.15, -0.1) is 0 Å². The molecule has 3 rings (SSSR count). The Kier molecular flexibility index (Phi) is 14.9. The summed E-state index contributed by atoms with van der Waals surface area (Å²) in [6.45, 7) is 2.56. The average Bonchev–Trinajstić information content (AvgIpc) is 3.14. The van der Waals surface area contributed by atoms with Crippen molar-refractivity contribution in [2.75, 3.05) is 6.61 Å². The summed E-state index contributed by atoms with van der Waals surface area (Å²) in [5.74, 6) is -40.5. The standard InChI is InChI=1S/C38H37F13O5/c1-3-4-5-6-7-8-9-10-23-54-29-19-15-25(16-20-29)26-17-21-30(22-18-26)56-32(53)28-13-11-27(12-14-28)31(52)55-24(2)33(39,40)34(41,42)35(43,44)36(45,46)37(47,48)38(49,50)51/h11-22,24H,3-10,23H2,1-2H3. The number of ether oxygens (including phenoxy) is 3. The highest BCUT2D eigenvalue weighted by Gasteiger charge is 2.91. The van der Waals surface area contributed by atoms with Crippen LogP contribution in [0.15, 0.2) is 72.8 Å². The molecule has 3 aromatic carbocycles. The number of carbonyl (C=O) groups is 2. The number of esters is 2. The summed E-state index contributed by atoms with van der Waals surface area (Å²) in [5, 5.41) is 0. The van der Waals surface area contributed by atoms with Gasteiger partial charge in [-0.25, -0.2) is 9.59 Å². The molecule has 0 N–H and O–H groups in total. The van der Waals surface area contributed by atoms with Gasteiger partial charge in [0.05, 0.1) is 17.7 Å². The summed E-state index contributed by atoms with van der Waals surface area (Å²) in [5.41, 5.74) is 0.541. The van der Waals surface area contributed by atoms with Gasteiger partial charge in [-0.3, -0.25) is 0 Å². The summed E-state index contributed by atoms with van der Waals surface area (Å²) in [6, 6.07) is 16.7. The largest absolute Gasteiger partial charge is 0.494 e. The van der Waals surface area contributed by atoms with Crippen molar-refractivity contribution in [1.82, 2.24) is 0 Å². The SMILES string of the molecule is CCCCCCCCCCOc1ccc(-c2ccc(OC(=O)c3ccc(C(=O)OC(C)C(F)(F)C(F)(F)C(F)(F)C(F)(F)C(F)(F)C(F)(F)F)cc3)cc2)cc1. The molecule has 0 aliphatic heterocycles. The van der Waals surface area contributed by atoms with Gasteiger partial charge in [0.2, 0.25) is 0 Å². The molecule has 0 heterocycles. The number of hydrogen-bond donors (Lipinski definition) is 0. The molecule has 0 bridgehead atoms. The van der Waals surface area contributed by atoms with Crippen molar-refractivity contribution in [2.45, 2.75) is 107 Å². The van der Waals surface area contributed by atoms with Crippen molar-refractivity contribution >= 4 is 11.9 Å². The number of rotatable bonds is 20. The van der Waals surface area contributed by atoms with Gasteiger partial charge in [0.1, 0.15) is 11.5 Å². The minimum atomic E-state index is -8.09. The molecular weight excluding hydrogens is 783 g/mol. The Bertz CT molecular complexity index is 1720. The topological polar surface area (TPSA) is 61.8 Å². The van der Waals surface area contributed by atoms with Gasteiger partial charge >= 0.3 is 47.7 Å². The number of alkyl halides is 13. The third kappa shape index (κ3) is 10.1. The van der Waals surface area contributed by atoms with Crippen LogP contribution in [0.3, 0.4) is 0 Å². The Balaban J connectivity index is 1.56. The highest BCUT2D eigenvalue weighted by Crippen LogP contribution is 2.60. The predicted octanol–water partition coefficient (Wildman–Crippen LogP) is 12.4. The molecule has 0 saturated carbocycles. The molecule has 1 atom stereocenters. The zero-order chi connectivity index (χ0) is 42.2. The molecule has 0 aromatic heterocycles. The quantitative estimate of drug-likeness (QED) is 0.0492. The van der Waals surface area contributed by atoms with Gasteiger partial charge in [0, 0.05) is 0 Å². The lowest BCUT2D eigenvalue weighted by Gasteiger charge is -2.40. The summed E-state index contributed by atoms with van der Waals surface area (Å²) >= 11 is 0. The fourth-order valence-electron chi connectivity index (χ4n) is 5.13. The second-order valence-electron chi connectivity index (χ2n) is 12.8. The molecule has 310 valence electrons. The molecule has 0 saturated heterocycles. The highest BCUT2D eigenvalue weighted by atomic mass is 19.4. The van der Waals surface area contributed by atoms with Gasteiger partial charge in [0.25, 0.3) is 0 Å². The number of hydrogen-bond acceptors (Lipinski definition) is 5. The Morgan fingerprint density at radius 3 is 1.39 bits per heavy atom. The second kappa shape index (κ2) is 18.2. The first kappa shape index (κ1) is 45.9. The lowest BCUT2D eigenvalue weighted by molar-refractivity contribution is -0.443. The maximum Gasteiger partial charge on any atom is 0.460 e. The fourth-order valence-corrected chi connectivity index (χ4v) is 5.13. The maximum atomic E-state index is 14.4. The van der Waals surface area contributed by atoms with Gasteiger partial charge < -0.3 is 14.2 Å². The molecule has 0 aliphatic carbocycles. The van der Waals surface area contributed by atoms with Crippen molar-refractivity contribution in [3.05, 3.63) is 83.9 Å². The second-order valence-corrected chi connectivity index (χ2v) is 12.8. The third-order valence-corrected chi connectivity index (χ3v) is 8.63. The molecular formula is C38H37F13O5. The Hall–Kier alpha value is -4.51. The maximum absolute atomic E-state index is 14.4. The van der Waals surface area contributed by atoms with Crippen molar-refractivity contribution in [3.63, 3.8) is 0 Å². The first-order valence-electron chi connectivity index (χ1n) is 17.2. The van der Waals surface area contributed by atoms with Crippen LogP contribution in [0.25, 0.3) is 11.1 Å². The van der Waals surface area contributed by atoms with Gasteiger partial charge in [0.15, 0.2) is 6.10 Å². The number of halogens is 13. The first-order chi connectivity index (χ1) is 25.9. The lowest BCUT2D eigenvalue weighted by atomic mass is 9.92. The van der Waals surface area contributed by atoms with E-state index in [1.807, 2.05) is 24.3 Å². The van der Waals surface area contributed by atoms with Crippen LogP contribution in [0.4, 0.5) is 57.1 Å². The van der Waals surface area contributed by atoms with E-state index in [0.29, 0.717) is 24.5 Å². The molecule has 5 nitrogen and oxygen atoms in total. The van der Waals surface area contributed by atoms with Crippen LogP contribution >= 0.6 is 0 Å². The zero-order valence-corrected chi connectivity index (χ0v) is 29.8. The van der Waals surface area contributed by atoms with Gasteiger partial charge in [-0.05, 0) is 73.0 Å². The van der Waals surface area contributed by atoms with Crippen molar-refractivity contribution in [2.24, 2.45) is 0 Å². The summed E-state index contributed by atoms with van der Waals surface area (Å²) in [6.07, 6.45) is -1.91. The number of benzene rings is 3. The van der Waals surface area contributed by atoms with E-state index in [2.05, 4.69) is 11.7 Å². The van der Waals surface area contributed by atoms with E-state index >= 15 is 0 Å². The van der Waals surface area contributed by atoms with Crippen LogP contribution in [-0.2, 0) is 4.74 Å². The van der Waals surface area contributed by atoms with E-state index in [-0.39, 0.29) is 18.2 Å². The average molecular weight is 821 g/mol. The normalized spacial score (nSPS) is 13.6. The van der Waals surface area contributed by atoms with Crippen molar-refractivity contribution in [3.8, 4) is 22.6 Å². The third-order valence-electron chi connectivity index (χ3n) is 8.63. The van der Waals surface area contributed by atoms with Crippen molar-refractivity contribution in [1.29, 1.82) is 0 Å². The van der Waals surface area contributed by atoms with E-state index in [1.54, 1.807) is 12.1 Å². The smallest absolute Gasteiger partial charge is 0.460 e. The van der Waals surface area contributed by atoms with Gasteiger partial charge in [-0.2, -0.15) is 57.1 Å². The minimum absolute atomic E-state index is 0.0694. The zero-order valence-electron chi connectivity index (χ0n) is 29.8. The van der Waals surface area contributed by atoms with E-state index < -0.39 is 59.4 Å². The molecule has 56 heavy (non-hydrogen) atoms. The first-order valence-corrected chi connectivity index (χ1v) is 17.2. The van der Waals surface area contributed by atoms with Crippen LogP contribution in [0, 0.1) is 0 Å². The van der Waals surface area contributed by atoms with E-state index in [4.69, 9.17) is 9.47 Å². The molecule has 0 fully saturated rings. The summed E-state index contributed by atoms with van der Waals surface area (Å²) < 4.78 is 190. The molecule has 0 aliphatic rings. The minimum Gasteiger partial charge on any atom is -0.494 e. The predicted molar refractivity (Wildman–Crippen MR) is 177 cm³/mol. The van der Waals surface area contributed by atoms with Crippen LogP contribution in [-0.4, -0.2) is 60.4 Å². The Morgan fingerprint density at radius 2 is 0.929 bits per heavy atom. The van der Waals surface area contributed by atoms with E-state index in [0.717, 1.165) is 36.1 Å². The molecule has 3 aromatic rings. The lowest BCUT2D eigenvalue weighted by Crippen LogP contribution is -2.71. The molecule has 0 radical (unpaired) electrons. The van der Waals surface area contributed by atoms with Gasteiger partial charge in [-0.1, -0.05) is 76.1 Å². The van der Waals surface area contributed by atoms with E-state index in [9.17, 15) is 66.7 Å². The Morgan fingerprint density at radius 1 is 0.518 bits per heavy atom. The van der Waals surface area contributed by atoms with Crippen LogP contribution in [0.2, 0.25) is 0 Å². The summed E-state index contributed by atoms with van der Waals surface area (Å²) in [4.78, 5) is 24.9. The van der Waals surface area contributed by atoms with Crippen LogP contribution in [0.1, 0.15) is 85.9 Å². The number of carbonyl (C=O) groups excluding carboxylic acids is 2. The van der Waals surface area contributed by atoms with Crippen molar-refractivity contribution < 1.29 is 80.9 Å². The van der Waals surface area contributed by atoms with Crippen LogP contribution < -0.4 is 9.47 Å². The number of unbranched alkanes of at least 4 members (excludes halogenated alkanes) is 7.